The second-order valence-electron chi connectivity index (χ2n) is 4.99. The highest BCUT2D eigenvalue weighted by atomic mass is 32.2. The third-order valence-corrected chi connectivity index (χ3v) is 5.28. The largest absolute Gasteiger partial charge is 0.279 e. The quantitative estimate of drug-likeness (QED) is 0.861. The van der Waals surface area contributed by atoms with Crippen molar-refractivity contribution >= 4 is 33.1 Å². The average molecular weight is 332 g/mol. The number of hydrogen-bond acceptors (Lipinski definition) is 4. The Morgan fingerprint density at radius 2 is 1.95 bits per heavy atom. The van der Waals surface area contributed by atoms with Crippen LogP contribution < -0.4 is 4.72 Å². The number of aryl methyl sites for hydroxylation is 3. The Kier molecular flexibility index (Phi) is 4.69. The molecule has 22 heavy (non-hydrogen) atoms. The summed E-state index contributed by atoms with van der Waals surface area (Å²) < 4.78 is 27.2. The lowest BCUT2D eigenvalue weighted by atomic mass is 10.1. The molecule has 0 aliphatic rings. The Morgan fingerprint density at radius 1 is 1.23 bits per heavy atom. The summed E-state index contributed by atoms with van der Waals surface area (Å²) in [6.07, 6.45) is 1.39. The van der Waals surface area contributed by atoms with E-state index in [4.69, 9.17) is 0 Å². The Bertz CT molecular complexity index is 872. The van der Waals surface area contributed by atoms with Crippen LogP contribution in [-0.4, -0.2) is 8.42 Å². The molecular weight excluding hydrogens is 316 g/mol. The summed E-state index contributed by atoms with van der Waals surface area (Å²) in [4.78, 5) is 1.50. The van der Waals surface area contributed by atoms with E-state index >= 15 is 0 Å². The van der Waals surface area contributed by atoms with Crippen molar-refractivity contribution < 1.29 is 8.42 Å². The molecule has 1 N–H and O–H groups in total. The summed E-state index contributed by atoms with van der Waals surface area (Å²) in [5.74, 6) is 0. The molecule has 0 fully saturated rings. The zero-order chi connectivity index (χ0) is 16.3. The lowest BCUT2D eigenvalue weighted by Gasteiger charge is -2.10. The van der Waals surface area contributed by atoms with Crippen LogP contribution in [0, 0.1) is 32.1 Å². The average Bonchev–Trinajstić information content (AvgIpc) is 2.84. The van der Waals surface area contributed by atoms with E-state index in [9.17, 15) is 13.7 Å². The van der Waals surface area contributed by atoms with Crippen LogP contribution in [0.2, 0.25) is 0 Å². The summed E-state index contributed by atoms with van der Waals surface area (Å²) in [7, 11) is -3.89. The molecule has 1 aromatic heterocycles. The minimum absolute atomic E-state index is 0.297. The van der Waals surface area contributed by atoms with Gasteiger partial charge in [0.25, 0.3) is 10.0 Å². The van der Waals surface area contributed by atoms with Gasteiger partial charge in [-0.2, -0.15) is 5.26 Å². The van der Waals surface area contributed by atoms with Crippen LogP contribution in [0.25, 0.3) is 6.08 Å². The molecule has 114 valence electrons. The summed E-state index contributed by atoms with van der Waals surface area (Å²) in [6, 6.07) is 10.9. The van der Waals surface area contributed by atoms with Gasteiger partial charge >= 0.3 is 0 Å². The number of hydrogen-bond donors (Lipinski definition) is 1. The van der Waals surface area contributed by atoms with Crippen molar-refractivity contribution in [2.45, 2.75) is 20.8 Å². The first-order valence-electron chi connectivity index (χ1n) is 6.60. The molecule has 1 aromatic carbocycles. The van der Waals surface area contributed by atoms with Gasteiger partial charge in [0.2, 0.25) is 0 Å². The van der Waals surface area contributed by atoms with Crippen LogP contribution >= 0.6 is 11.3 Å². The normalized spacial score (nSPS) is 12.0. The molecule has 0 saturated heterocycles. The molecule has 0 saturated carbocycles. The minimum Gasteiger partial charge on any atom is -0.279 e. The van der Waals surface area contributed by atoms with E-state index in [0.29, 0.717) is 5.69 Å². The highest BCUT2D eigenvalue weighted by Gasteiger charge is 2.19. The maximum absolute atomic E-state index is 12.4. The molecule has 0 spiro atoms. The second-order valence-corrected chi connectivity index (χ2v) is 7.96. The summed E-state index contributed by atoms with van der Waals surface area (Å²) in [5.41, 5.74) is 2.34. The van der Waals surface area contributed by atoms with Gasteiger partial charge in [-0.25, -0.2) is 8.42 Å². The van der Waals surface area contributed by atoms with Crippen LogP contribution in [-0.2, 0) is 10.0 Å². The predicted octanol–water partition coefficient (Wildman–Crippen LogP) is 3.98. The number of rotatable bonds is 4. The topological polar surface area (TPSA) is 70.0 Å². The van der Waals surface area contributed by atoms with Gasteiger partial charge in [-0.3, -0.25) is 4.72 Å². The molecule has 0 amide bonds. The van der Waals surface area contributed by atoms with E-state index in [2.05, 4.69) is 4.72 Å². The zero-order valence-corrected chi connectivity index (χ0v) is 14.2. The van der Waals surface area contributed by atoms with Gasteiger partial charge in [0, 0.05) is 9.75 Å². The first-order chi connectivity index (χ1) is 10.3. The molecule has 6 heteroatoms. The fourth-order valence-corrected chi connectivity index (χ4v) is 3.88. The van der Waals surface area contributed by atoms with E-state index in [1.165, 1.54) is 17.4 Å². The van der Waals surface area contributed by atoms with Gasteiger partial charge in [-0.05, 0) is 50.6 Å². The molecule has 0 atom stereocenters. The summed E-state index contributed by atoms with van der Waals surface area (Å²) in [5, 5.41) is 9.19. The number of benzene rings is 1. The van der Waals surface area contributed by atoms with Gasteiger partial charge < -0.3 is 0 Å². The molecule has 0 aliphatic carbocycles. The van der Waals surface area contributed by atoms with Crippen molar-refractivity contribution in [3.63, 3.8) is 0 Å². The zero-order valence-electron chi connectivity index (χ0n) is 12.5. The van der Waals surface area contributed by atoms with E-state index in [0.717, 1.165) is 20.9 Å². The number of anilines is 1. The smallest absolute Gasteiger partial charge is 0.272 e. The number of nitrogens with one attached hydrogen (secondary N) is 1. The van der Waals surface area contributed by atoms with Crippen molar-refractivity contribution in [3.8, 4) is 6.07 Å². The third kappa shape index (κ3) is 3.75. The van der Waals surface area contributed by atoms with E-state index in [1.54, 1.807) is 18.2 Å². The molecule has 2 rings (SSSR count). The molecule has 2 aromatic rings. The first-order valence-corrected chi connectivity index (χ1v) is 8.90. The van der Waals surface area contributed by atoms with Crippen molar-refractivity contribution in [2.75, 3.05) is 4.72 Å². The fourth-order valence-electron chi connectivity index (χ4n) is 1.96. The van der Waals surface area contributed by atoms with Gasteiger partial charge in [-0.1, -0.05) is 17.7 Å². The van der Waals surface area contributed by atoms with E-state index in [1.807, 2.05) is 39.0 Å². The van der Waals surface area contributed by atoms with Crippen molar-refractivity contribution in [1.29, 1.82) is 5.26 Å². The number of nitrogens with zero attached hydrogens (tertiary/aromatic N) is 1. The van der Waals surface area contributed by atoms with E-state index < -0.39 is 10.0 Å². The lowest BCUT2D eigenvalue weighted by Crippen LogP contribution is -2.15. The summed E-state index contributed by atoms with van der Waals surface area (Å²) >= 11 is 1.44. The number of nitriles is 1. The highest BCUT2D eigenvalue weighted by Crippen LogP contribution is 2.23. The number of allylic oxidation sites excluding steroid dienone is 1. The van der Waals surface area contributed by atoms with Crippen LogP contribution in [0.4, 0.5) is 5.69 Å². The Morgan fingerprint density at radius 3 is 2.50 bits per heavy atom. The van der Waals surface area contributed by atoms with Gasteiger partial charge in [-0.15, -0.1) is 11.3 Å². The third-order valence-electron chi connectivity index (χ3n) is 3.06. The first kappa shape index (κ1) is 16.3. The Labute approximate surface area is 134 Å². The molecule has 4 nitrogen and oxygen atoms in total. The van der Waals surface area contributed by atoms with Crippen molar-refractivity contribution in [1.82, 2.24) is 0 Å². The van der Waals surface area contributed by atoms with Crippen LogP contribution in [0.15, 0.2) is 35.2 Å². The standard InChI is InChI=1S/C16H16N2O2S2/c1-11-4-7-16(12(2)8-11)18-22(19,20)15(10-17)9-14-6-5-13(3)21-14/h4-9,18H,1-3H3/b15-9+. The van der Waals surface area contributed by atoms with Gasteiger partial charge in [0.05, 0.1) is 5.69 Å². The van der Waals surface area contributed by atoms with Crippen molar-refractivity contribution in [3.05, 3.63) is 56.1 Å². The minimum atomic E-state index is -3.89. The number of sulfonamides is 1. The van der Waals surface area contributed by atoms with Gasteiger partial charge in [0.1, 0.15) is 6.07 Å². The molecule has 0 unspecified atom stereocenters. The monoisotopic (exact) mass is 332 g/mol. The Hall–Kier alpha value is -2.10. The van der Waals surface area contributed by atoms with Crippen LogP contribution in [0.3, 0.4) is 0 Å². The Balaban J connectivity index is 2.35. The lowest BCUT2D eigenvalue weighted by molar-refractivity contribution is 0.608. The van der Waals surface area contributed by atoms with Crippen molar-refractivity contribution in [2.24, 2.45) is 0 Å². The fraction of sp³-hybridized carbons (Fsp3) is 0.188. The van der Waals surface area contributed by atoms with Gasteiger partial charge in [0.15, 0.2) is 4.91 Å². The molecule has 0 radical (unpaired) electrons. The number of thiophene rings is 1. The SMILES string of the molecule is Cc1ccc(NS(=O)(=O)/C(C#N)=C/c2ccc(C)s2)c(C)c1. The molecule has 1 heterocycles. The van der Waals surface area contributed by atoms with Crippen LogP contribution in [0.1, 0.15) is 20.9 Å². The summed E-state index contributed by atoms with van der Waals surface area (Å²) in [6.45, 7) is 5.69. The second kappa shape index (κ2) is 6.34. The predicted molar refractivity (Wildman–Crippen MR) is 91.1 cm³/mol. The highest BCUT2D eigenvalue weighted by molar-refractivity contribution is 7.97. The van der Waals surface area contributed by atoms with Crippen LogP contribution in [0.5, 0.6) is 0 Å². The van der Waals surface area contributed by atoms with E-state index in [-0.39, 0.29) is 4.91 Å². The molecular formula is C16H16N2O2S2. The molecule has 0 aliphatic heterocycles. The molecule has 0 bridgehead atoms. The maximum atomic E-state index is 12.4. The maximum Gasteiger partial charge on any atom is 0.272 e.